The van der Waals surface area contributed by atoms with Gasteiger partial charge in [0.2, 0.25) is 0 Å². The molecule has 1 aliphatic carbocycles. The highest BCUT2D eigenvalue weighted by atomic mass is 16.3. The van der Waals surface area contributed by atoms with Crippen LogP contribution in [0.2, 0.25) is 0 Å². The van der Waals surface area contributed by atoms with Gasteiger partial charge in [-0.2, -0.15) is 0 Å². The number of aliphatic hydroxyl groups is 1. The predicted octanol–water partition coefficient (Wildman–Crippen LogP) is 1.81. The summed E-state index contributed by atoms with van der Waals surface area (Å²) in [7, 11) is 0. The van der Waals surface area contributed by atoms with E-state index in [1.54, 1.807) is 0 Å². The molecule has 2 fully saturated rings. The molecular formula is C15H30N2O. The number of hydrogen-bond acceptors (Lipinski definition) is 3. The molecule has 3 atom stereocenters. The fraction of sp³-hybridized carbons (Fsp3) is 1.00. The molecule has 0 radical (unpaired) electrons. The Morgan fingerprint density at radius 3 is 2.17 bits per heavy atom. The van der Waals surface area contributed by atoms with Gasteiger partial charge in [-0.05, 0) is 37.8 Å². The van der Waals surface area contributed by atoms with Gasteiger partial charge >= 0.3 is 0 Å². The molecule has 0 bridgehead atoms. The number of β-amino-alcohol motifs (C(OH)–C–C–N with tert-alkyl or cyclic N) is 1. The van der Waals surface area contributed by atoms with Crippen molar-refractivity contribution in [2.45, 2.75) is 45.6 Å². The quantitative estimate of drug-likeness (QED) is 0.783. The number of aliphatic hydroxyl groups excluding tert-OH is 1. The lowest BCUT2D eigenvalue weighted by Gasteiger charge is -2.25. The van der Waals surface area contributed by atoms with E-state index in [0.29, 0.717) is 0 Å². The monoisotopic (exact) mass is 254 g/mol. The van der Waals surface area contributed by atoms with Gasteiger partial charge in [0.1, 0.15) is 0 Å². The number of rotatable bonds is 6. The average molecular weight is 254 g/mol. The third-order valence-corrected chi connectivity index (χ3v) is 4.88. The van der Waals surface area contributed by atoms with Crippen LogP contribution in [0.25, 0.3) is 0 Å². The zero-order chi connectivity index (χ0) is 13.0. The van der Waals surface area contributed by atoms with E-state index in [2.05, 4.69) is 23.6 Å². The average Bonchev–Trinajstić information content (AvgIpc) is 2.77. The van der Waals surface area contributed by atoms with Gasteiger partial charge in [0, 0.05) is 26.2 Å². The van der Waals surface area contributed by atoms with Crippen molar-refractivity contribution < 1.29 is 5.11 Å². The Labute approximate surface area is 112 Å². The molecule has 0 aromatic heterocycles. The Bertz CT molecular complexity index is 229. The summed E-state index contributed by atoms with van der Waals surface area (Å²) in [6, 6.07) is 0. The maximum absolute atomic E-state index is 10.2. The number of hydrogen-bond donors (Lipinski definition) is 1. The number of likely N-dealkylation sites (tertiary alicyclic amines) is 1. The zero-order valence-electron chi connectivity index (χ0n) is 12.1. The fourth-order valence-corrected chi connectivity index (χ4v) is 3.79. The van der Waals surface area contributed by atoms with Crippen molar-refractivity contribution in [3.05, 3.63) is 0 Å². The lowest BCUT2D eigenvalue weighted by atomic mass is 9.82. The molecule has 2 rings (SSSR count). The van der Waals surface area contributed by atoms with Crippen molar-refractivity contribution in [2.24, 2.45) is 11.8 Å². The second kappa shape index (κ2) is 6.88. The molecule has 3 nitrogen and oxygen atoms in total. The van der Waals surface area contributed by atoms with Gasteiger partial charge in [-0.25, -0.2) is 0 Å². The highest BCUT2D eigenvalue weighted by molar-refractivity contribution is 4.87. The van der Waals surface area contributed by atoms with Crippen LogP contribution in [0.5, 0.6) is 0 Å². The van der Waals surface area contributed by atoms with Gasteiger partial charge in [-0.1, -0.05) is 26.7 Å². The summed E-state index contributed by atoms with van der Waals surface area (Å²) in [5, 5.41) is 10.2. The molecule has 0 aromatic carbocycles. The fourth-order valence-electron chi connectivity index (χ4n) is 3.79. The smallest absolute Gasteiger partial charge is 0.0793 e. The third-order valence-electron chi connectivity index (χ3n) is 4.88. The van der Waals surface area contributed by atoms with Crippen LogP contribution in [0.15, 0.2) is 0 Å². The highest BCUT2D eigenvalue weighted by Crippen LogP contribution is 2.35. The summed E-state index contributed by atoms with van der Waals surface area (Å²) >= 11 is 0. The first kappa shape index (κ1) is 14.3. The molecular weight excluding hydrogens is 224 g/mol. The SMILES string of the molecule is CCN(CC)C[C@H](O)CN1C[C@H]2CCCC[C@H]2C1. The summed E-state index contributed by atoms with van der Waals surface area (Å²) in [6.07, 6.45) is 5.53. The van der Waals surface area contributed by atoms with Gasteiger partial charge in [0.25, 0.3) is 0 Å². The van der Waals surface area contributed by atoms with E-state index < -0.39 is 0 Å². The van der Waals surface area contributed by atoms with Crippen LogP contribution in [0.4, 0.5) is 0 Å². The van der Waals surface area contributed by atoms with Crippen LogP contribution in [-0.2, 0) is 0 Å². The van der Waals surface area contributed by atoms with E-state index in [-0.39, 0.29) is 6.10 Å². The van der Waals surface area contributed by atoms with Gasteiger partial charge in [-0.15, -0.1) is 0 Å². The molecule has 0 amide bonds. The molecule has 1 saturated heterocycles. The first-order chi connectivity index (χ1) is 8.72. The Morgan fingerprint density at radius 1 is 1.11 bits per heavy atom. The minimum absolute atomic E-state index is 0.176. The van der Waals surface area contributed by atoms with E-state index >= 15 is 0 Å². The van der Waals surface area contributed by atoms with Gasteiger partial charge in [-0.3, -0.25) is 0 Å². The molecule has 106 valence electrons. The summed E-state index contributed by atoms with van der Waals surface area (Å²) in [5.41, 5.74) is 0. The number of nitrogens with zero attached hydrogens (tertiary/aromatic N) is 2. The summed E-state index contributed by atoms with van der Waals surface area (Å²) < 4.78 is 0. The Kier molecular flexibility index (Phi) is 5.46. The van der Waals surface area contributed by atoms with Crippen LogP contribution in [0, 0.1) is 11.8 Å². The second-order valence-electron chi connectivity index (χ2n) is 6.16. The van der Waals surface area contributed by atoms with Crippen molar-refractivity contribution in [3.8, 4) is 0 Å². The second-order valence-corrected chi connectivity index (χ2v) is 6.16. The van der Waals surface area contributed by atoms with E-state index in [0.717, 1.165) is 38.0 Å². The van der Waals surface area contributed by atoms with Crippen LogP contribution in [-0.4, -0.2) is 60.3 Å². The predicted molar refractivity (Wildman–Crippen MR) is 75.7 cm³/mol. The number of likely N-dealkylation sites (N-methyl/N-ethyl adjacent to an activating group) is 1. The first-order valence-electron chi connectivity index (χ1n) is 7.85. The summed E-state index contributed by atoms with van der Waals surface area (Å²) in [5.74, 6) is 1.86. The number of fused-ring (bicyclic) bond motifs is 1. The van der Waals surface area contributed by atoms with Crippen molar-refractivity contribution in [1.29, 1.82) is 0 Å². The Morgan fingerprint density at radius 2 is 1.67 bits per heavy atom. The maximum atomic E-state index is 10.2. The van der Waals surface area contributed by atoms with Gasteiger partial charge < -0.3 is 14.9 Å². The Balaban J connectivity index is 1.73. The van der Waals surface area contributed by atoms with Crippen LogP contribution in [0.3, 0.4) is 0 Å². The lowest BCUT2D eigenvalue weighted by Crippen LogP contribution is -2.39. The summed E-state index contributed by atoms with van der Waals surface area (Å²) in [4.78, 5) is 4.82. The van der Waals surface area contributed by atoms with E-state index in [4.69, 9.17) is 0 Å². The molecule has 1 N–H and O–H groups in total. The molecule has 18 heavy (non-hydrogen) atoms. The van der Waals surface area contributed by atoms with Crippen LogP contribution < -0.4 is 0 Å². The largest absolute Gasteiger partial charge is 0.390 e. The van der Waals surface area contributed by atoms with Crippen molar-refractivity contribution in [2.75, 3.05) is 39.3 Å². The van der Waals surface area contributed by atoms with Crippen molar-refractivity contribution in [1.82, 2.24) is 9.80 Å². The van der Waals surface area contributed by atoms with Gasteiger partial charge in [0.05, 0.1) is 6.10 Å². The van der Waals surface area contributed by atoms with E-state index in [1.807, 2.05) is 0 Å². The molecule has 1 saturated carbocycles. The van der Waals surface area contributed by atoms with Gasteiger partial charge in [0.15, 0.2) is 0 Å². The molecule has 1 aliphatic heterocycles. The van der Waals surface area contributed by atoms with Crippen molar-refractivity contribution >= 4 is 0 Å². The van der Waals surface area contributed by atoms with Crippen LogP contribution in [0.1, 0.15) is 39.5 Å². The van der Waals surface area contributed by atoms with Crippen molar-refractivity contribution in [3.63, 3.8) is 0 Å². The minimum atomic E-state index is -0.176. The summed E-state index contributed by atoms with van der Waals surface area (Å²) in [6.45, 7) is 10.6. The first-order valence-corrected chi connectivity index (χ1v) is 7.85. The van der Waals surface area contributed by atoms with Crippen LogP contribution >= 0.6 is 0 Å². The molecule has 0 spiro atoms. The zero-order valence-corrected chi connectivity index (χ0v) is 12.1. The van der Waals surface area contributed by atoms with E-state index in [1.165, 1.54) is 38.8 Å². The highest BCUT2D eigenvalue weighted by Gasteiger charge is 2.34. The maximum Gasteiger partial charge on any atom is 0.0793 e. The molecule has 0 unspecified atom stereocenters. The normalized spacial score (nSPS) is 30.7. The Hall–Kier alpha value is -0.120. The van der Waals surface area contributed by atoms with E-state index in [9.17, 15) is 5.11 Å². The lowest BCUT2D eigenvalue weighted by molar-refractivity contribution is 0.0833. The standard InChI is InChI=1S/C15H30N2O/c1-3-16(4-2)11-15(18)12-17-9-13-7-5-6-8-14(13)10-17/h13-15,18H,3-12H2,1-2H3/t13-,14+,15-/m0/s1. The third kappa shape index (κ3) is 3.69. The molecule has 0 aromatic rings. The molecule has 1 heterocycles. The minimum Gasteiger partial charge on any atom is -0.390 e. The molecule has 3 heteroatoms. The topological polar surface area (TPSA) is 26.7 Å². The molecule has 2 aliphatic rings.